The number of thiophene rings is 1. The zero-order valence-electron chi connectivity index (χ0n) is 12.8. The SMILES string of the molecule is Cc1ccc(C(=O)NCC(=O)NCCc2ccccc2C)s1. The molecule has 0 aliphatic rings. The van der Waals surface area contributed by atoms with Crippen molar-refractivity contribution in [3.63, 3.8) is 0 Å². The van der Waals surface area contributed by atoms with E-state index in [2.05, 4.69) is 29.7 Å². The second kappa shape index (κ2) is 7.75. The molecule has 1 heterocycles. The predicted molar refractivity (Wildman–Crippen MR) is 89.3 cm³/mol. The first-order valence-corrected chi connectivity index (χ1v) is 8.04. The molecule has 2 rings (SSSR count). The molecule has 0 bridgehead atoms. The molecule has 22 heavy (non-hydrogen) atoms. The fourth-order valence-electron chi connectivity index (χ4n) is 2.09. The molecule has 4 nitrogen and oxygen atoms in total. The summed E-state index contributed by atoms with van der Waals surface area (Å²) in [5.74, 6) is -0.373. The Balaban J connectivity index is 1.70. The summed E-state index contributed by atoms with van der Waals surface area (Å²) in [6.45, 7) is 4.57. The Kier molecular flexibility index (Phi) is 5.72. The molecule has 0 saturated heterocycles. The van der Waals surface area contributed by atoms with E-state index in [0.29, 0.717) is 11.4 Å². The van der Waals surface area contributed by atoms with E-state index in [9.17, 15) is 9.59 Å². The van der Waals surface area contributed by atoms with Gasteiger partial charge in [0, 0.05) is 11.4 Å². The Morgan fingerprint density at radius 1 is 1.05 bits per heavy atom. The van der Waals surface area contributed by atoms with Crippen molar-refractivity contribution in [2.75, 3.05) is 13.1 Å². The van der Waals surface area contributed by atoms with Crippen molar-refractivity contribution in [1.82, 2.24) is 10.6 Å². The van der Waals surface area contributed by atoms with Crippen LogP contribution in [0.25, 0.3) is 0 Å². The van der Waals surface area contributed by atoms with Crippen LogP contribution >= 0.6 is 11.3 Å². The lowest BCUT2D eigenvalue weighted by atomic mass is 10.1. The summed E-state index contributed by atoms with van der Waals surface area (Å²) < 4.78 is 0. The largest absolute Gasteiger partial charge is 0.354 e. The van der Waals surface area contributed by atoms with Crippen LogP contribution in [0.2, 0.25) is 0 Å². The van der Waals surface area contributed by atoms with Crippen LogP contribution in [0.4, 0.5) is 0 Å². The highest BCUT2D eigenvalue weighted by Gasteiger charge is 2.09. The van der Waals surface area contributed by atoms with Crippen LogP contribution in [-0.2, 0) is 11.2 Å². The van der Waals surface area contributed by atoms with Gasteiger partial charge in [0.2, 0.25) is 5.91 Å². The minimum absolute atomic E-state index is 0.00352. The van der Waals surface area contributed by atoms with Crippen molar-refractivity contribution in [3.8, 4) is 0 Å². The average molecular weight is 316 g/mol. The Morgan fingerprint density at radius 2 is 1.82 bits per heavy atom. The van der Waals surface area contributed by atoms with Gasteiger partial charge in [-0.25, -0.2) is 0 Å². The van der Waals surface area contributed by atoms with E-state index in [1.165, 1.54) is 22.5 Å². The number of hydrogen-bond acceptors (Lipinski definition) is 3. The van der Waals surface area contributed by atoms with Crippen LogP contribution in [0, 0.1) is 13.8 Å². The number of rotatable bonds is 6. The third-order valence-electron chi connectivity index (χ3n) is 3.35. The Morgan fingerprint density at radius 3 is 2.50 bits per heavy atom. The highest BCUT2D eigenvalue weighted by atomic mass is 32.1. The van der Waals surface area contributed by atoms with E-state index >= 15 is 0 Å². The topological polar surface area (TPSA) is 58.2 Å². The van der Waals surface area contributed by atoms with Gasteiger partial charge in [0.05, 0.1) is 11.4 Å². The fraction of sp³-hybridized carbons (Fsp3) is 0.294. The molecule has 0 aliphatic carbocycles. The summed E-state index contributed by atoms with van der Waals surface area (Å²) in [7, 11) is 0. The van der Waals surface area contributed by atoms with Gasteiger partial charge in [-0.3, -0.25) is 9.59 Å². The van der Waals surface area contributed by atoms with Crippen LogP contribution in [0.1, 0.15) is 25.7 Å². The van der Waals surface area contributed by atoms with Crippen LogP contribution in [-0.4, -0.2) is 24.9 Å². The Hall–Kier alpha value is -2.14. The Bertz CT molecular complexity index is 664. The summed E-state index contributed by atoms with van der Waals surface area (Å²) in [6.07, 6.45) is 0.788. The number of aryl methyl sites for hydroxylation is 2. The van der Waals surface area contributed by atoms with Crippen molar-refractivity contribution in [2.24, 2.45) is 0 Å². The molecule has 0 saturated carbocycles. The monoisotopic (exact) mass is 316 g/mol. The minimum Gasteiger partial charge on any atom is -0.354 e. The lowest BCUT2D eigenvalue weighted by molar-refractivity contribution is -0.120. The van der Waals surface area contributed by atoms with Gasteiger partial charge in [-0.2, -0.15) is 0 Å². The first kappa shape index (κ1) is 16.2. The molecule has 116 valence electrons. The molecule has 2 amide bonds. The van der Waals surface area contributed by atoms with Gasteiger partial charge in [-0.05, 0) is 43.5 Å². The number of nitrogens with one attached hydrogen (secondary N) is 2. The van der Waals surface area contributed by atoms with Gasteiger partial charge in [0.1, 0.15) is 0 Å². The standard InChI is InChI=1S/C17H20N2O2S/c1-12-5-3-4-6-14(12)9-10-18-16(20)11-19-17(21)15-8-7-13(2)22-15/h3-8H,9-11H2,1-2H3,(H,18,20)(H,19,21). The minimum atomic E-state index is -0.202. The van der Waals surface area contributed by atoms with Crippen molar-refractivity contribution in [2.45, 2.75) is 20.3 Å². The van der Waals surface area contributed by atoms with Crippen LogP contribution in [0.3, 0.4) is 0 Å². The van der Waals surface area contributed by atoms with Crippen LogP contribution in [0.15, 0.2) is 36.4 Å². The Labute approximate surface area is 134 Å². The molecule has 0 aliphatic heterocycles. The predicted octanol–water partition coefficient (Wildman–Crippen LogP) is 2.45. The fourth-order valence-corrected chi connectivity index (χ4v) is 2.88. The summed E-state index contributed by atoms with van der Waals surface area (Å²) in [6, 6.07) is 11.8. The summed E-state index contributed by atoms with van der Waals surface area (Å²) >= 11 is 1.42. The second-order valence-electron chi connectivity index (χ2n) is 5.12. The quantitative estimate of drug-likeness (QED) is 0.860. The zero-order valence-corrected chi connectivity index (χ0v) is 13.6. The maximum Gasteiger partial charge on any atom is 0.261 e. The molecule has 0 unspecified atom stereocenters. The molecule has 0 spiro atoms. The third-order valence-corrected chi connectivity index (χ3v) is 4.35. The third kappa shape index (κ3) is 4.70. The van der Waals surface area contributed by atoms with E-state index < -0.39 is 0 Å². The maximum absolute atomic E-state index is 11.8. The second-order valence-corrected chi connectivity index (χ2v) is 6.41. The molecule has 1 aromatic heterocycles. The zero-order chi connectivity index (χ0) is 15.9. The van der Waals surface area contributed by atoms with Gasteiger partial charge in [0.25, 0.3) is 5.91 Å². The maximum atomic E-state index is 11.8. The molecule has 0 fully saturated rings. The molecular formula is C17H20N2O2S. The van der Waals surface area contributed by atoms with Crippen molar-refractivity contribution < 1.29 is 9.59 Å². The lowest BCUT2D eigenvalue weighted by Gasteiger charge is -2.08. The highest BCUT2D eigenvalue weighted by molar-refractivity contribution is 7.13. The van der Waals surface area contributed by atoms with Crippen molar-refractivity contribution in [3.05, 3.63) is 57.3 Å². The number of amides is 2. The van der Waals surface area contributed by atoms with Gasteiger partial charge in [0.15, 0.2) is 0 Å². The number of benzene rings is 1. The van der Waals surface area contributed by atoms with E-state index in [1.54, 1.807) is 6.07 Å². The summed E-state index contributed by atoms with van der Waals surface area (Å²) in [4.78, 5) is 25.3. The molecule has 0 radical (unpaired) electrons. The first-order chi connectivity index (χ1) is 10.6. The van der Waals surface area contributed by atoms with Crippen LogP contribution < -0.4 is 10.6 Å². The number of carbonyl (C=O) groups excluding carboxylic acids is 2. The lowest BCUT2D eigenvalue weighted by Crippen LogP contribution is -2.37. The van der Waals surface area contributed by atoms with Gasteiger partial charge < -0.3 is 10.6 Å². The number of carbonyl (C=O) groups is 2. The molecule has 2 N–H and O–H groups in total. The molecular weight excluding hydrogens is 296 g/mol. The van der Waals surface area contributed by atoms with Crippen molar-refractivity contribution >= 4 is 23.2 Å². The van der Waals surface area contributed by atoms with Gasteiger partial charge in [-0.15, -0.1) is 11.3 Å². The van der Waals surface area contributed by atoms with E-state index in [0.717, 1.165) is 11.3 Å². The normalized spacial score (nSPS) is 10.3. The smallest absolute Gasteiger partial charge is 0.261 e. The summed E-state index contributed by atoms with van der Waals surface area (Å²) in [5, 5.41) is 5.45. The first-order valence-electron chi connectivity index (χ1n) is 7.22. The van der Waals surface area contributed by atoms with Crippen molar-refractivity contribution in [1.29, 1.82) is 0 Å². The average Bonchev–Trinajstić information content (AvgIpc) is 2.93. The van der Waals surface area contributed by atoms with E-state index in [4.69, 9.17) is 0 Å². The number of hydrogen-bond donors (Lipinski definition) is 2. The van der Waals surface area contributed by atoms with E-state index in [1.807, 2.05) is 25.1 Å². The van der Waals surface area contributed by atoms with Crippen LogP contribution in [0.5, 0.6) is 0 Å². The molecule has 1 aromatic carbocycles. The molecule has 5 heteroatoms. The highest BCUT2D eigenvalue weighted by Crippen LogP contribution is 2.14. The molecule has 2 aromatic rings. The molecule has 0 atom stereocenters. The van der Waals surface area contributed by atoms with E-state index in [-0.39, 0.29) is 18.4 Å². The van der Waals surface area contributed by atoms with Gasteiger partial charge >= 0.3 is 0 Å². The van der Waals surface area contributed by atoms with Gasteiger partial charge in [-0.1, -0.05) is 24.3 Å². The summed E-state index contributed by atoms with van der Waals surface area (Å²) in [5.41, 5.74) is 2.44.